The molecule has 122 valence electrons. The van der Waals surface area contributed by atoms with Crippen LogP contribution in [-0.2, 0) is 4.74 Å². The number of nitrogens with zero attached hydrogens (tertiary/aromatic N) is 2. The normalized spacial score (nSPS) is 16.9. The molecule has 0 unspecified atom stereocenters. The average Bonchev–Trinajstić information content (AvgIpc) is 2.49. The number of ether oxygens (including phenoxy) is 1. The Kier molecular flexibility index (Phi) is 6.79. The van der Waals surface area contributed by atoms with Crippen LogP contribution in [0.1, 0.15) is 37.2 Å². The third kappa shape index (κ3) is 5.34. The van der Waals surface area contributed by atoms with E-state index in [1.807, 2.05) is 6.07 Å². The Hall–Kier alpha value is -0.980. The molecule has 1 N–H and O–H groups in total. The van der Waals surface area contributed by atoms with Gasteiger partial charge in [-0.3, -0.25) is 4.79 Å². The van der Waals surface area contributed by atoms with Crippen LogP contribution >= 0.6 is 15.9 Å². The highest BCUT2D eigenvalue weighted by molar-refractivity contribution is 9.10. The van der Waals surface area contributed by atoms with E-state index in [2.05, 4.69) is 45.0 Å². The number of likely N-dealkylation sites (tertiary alicyclic amines) is 1. The number of carbonyl (C=O) groups is 1. The number of piperidine rings is 1. The fraction of sp³-hybridized carbons (Fsp3) is 0.625. The third-order valence-electron chi connectivity index (χ3n) is 3.76. The number of hydrogen-bond donors (Lipinski definition) is 1. The monoisotopic (exact) mass is 369 g/mol. The molecule has 0 atom stereocenters. The fourth-order valence-electron chi connectivity index (χ4n) is 2.52. The van der Waals surface area contributed by atoms with E-state index < -0.39 is 0 Å². The van der Waals surface area contributed by atoms with Gasteiger partial charge in [0, 0.05) is 36.3 Å². The Labute approximate surface area is 140 Å². The quantitative estimate of drug-likeness (QED) is 0.836. The lowest BCUT2D eigenvalue weighted by Crippen LogP contribution is -2.45. The first-order valence-corrected chi connectivity index (χ1v) is 8.61. The van der Waals surface area contributed by atoms with E-state index in [-0.39, 0.29) is 18.1 Å². The standard InChI is InChI=1S/C16H24BrN3O2/c1-12(2)22-11-10-20-8-5-13(6-9-20)19-16(21)15-14(17)4-3-7-18-15/h3-4,7,12-13H,5-6,8-11H2,1-2H3,(H,19,21). The summed E-state index contributed by atoms with van der Waals surface area (Å²) < 4.78 is 6.31. The minimum Gasteiger partial charge on any atom is -0.377 e. The van der Waals surface area contributed by atoms with E-state index in [1.54, 1.807) is 12.3 Å². The van der Waals surface area contributed by atoms with E-state index in [0.717, 1.165) is 43.6 Å². The Morgan fingerprint density at radius 1 is 1.50 bits per heavy atom. The van der Waals surface area contributed by atoms with Gasteiger partial charge in [0.05, 0.1) is 12.7 Å². The molecule has 1 saturated heterocycles. The van der Waals surface area contributed by atoms with Crippen molar-refractivity contribution in [3.63, 3.8) is 0 Å². The van der Waals surface area contributed by atoms with Crippen LogP contribution in [-0.4, -0.2) is 54.2 Å². The van der Waals surface area contributed by atoms with Crippen molar-refractivity contribution >= 4 is 21.8 Å². The molecule has 0 aliphatic carbocycles. The molecule has 0 bridgehead atoms. The van der Waals surface area contributed by atoms with E-state index in [1.165, 1.54) is 0 Å². The Morgan fingerprint density at radius 2 is 2.23 bits per heavy atom. The lowest BCUT2D eigenvalue weighted by Gasteiger charge is -2.32. The molecule has 1 aromatic heterocycles. The van der Waals surface area contributed by atoms with E-state index in [9.17, 15) is 4.79 Å². The largest absolute Gasteiger partial charge is 0.377 e. The molecule has 1 fully saturated rings. The molecule has 0 saturated carbocycles. The van der Waals surface area contributed by atoms with Crippen LogP contribution in [0.3, 0.4) is 0 Å². The highest BCUT2D eigenvalue weighted by Gasteiger charge is 2.22. The van der Waals surface area contributed by atoms with Crippen LogP contribution in [0.15, 0.2) is 22.8 Å². The SMILES string of the molecule is CC(C)OCCN1CCC(NC(=O)c2ncccc2Br)CC1. The van der Waals surface area contributed by atoms with Gasteiger partial charge < -0.3 is 15.0 Å². The summed E-state index contributed by atoms with van der Waals surface area (Å²) in [6, 6.07) is 3.86. The predicted molar refractivity (Wildman–Crippen MR) is 90.0 cm³/mol. The second-order valence-corrected chi connectivity index (χ2v) is 6.70. The first-order chi connectivity index (χ1) is 10.6. The van der Waals surface area contributed by atoms with Gasteiger partial charge in [0.15, 0.2) is 0 Å². The van der Waals surface area contributed by atoms with Crippen LogP contribution < -0.4 is 5.32 Å². The van der Waals surface area contributed by atoms with Crippen molar-refractivity contribution in [1.82, 2.24) is 15.2 Å². The van der Waals surface area contributed by atoms with Gasteiger partial charge in [-0.25, -0.2) is 4.98 Å². The molecular formula is C16H24BrN3O2. The molecular weight excluding hydrogens is 346 g/mol. The molecule has 1 aromatic rings. The van der Waals surface area contributed by atoms with E-state index >= 15 is 0 Å². The fourth-order valence-corrected chi connectivity index (χ4v) is 2.96. The lowest BCUT2D eigenvalue weighted by molar-refractivity contribution is 0.0520. The maximum atomic E-state index is 12.2. The molecule has 0 spiro atoms. The van der Waals surface area contributed by atoms with Gasteiger partial charge in [-0.15, -0.1) is 0 Å². The van der Waals surface area contributed by atoms with Crippen molar-refractivity contribution in [2.45, 2.75) is 38.8 Å². The Morgan fingerprint density at radius 3 is 2.86 bits per heavy atom. The Balaban J connectivity index is 1.73. The van der Waals surface area contributed by atoms with Crippen LogP contribution in [0.25, 0.3) is 0 Å². The topological polar surface area (TPSA) is 54.5 Å². The maximum absolute atomic E-state index is 12.2. The third-order valence-corrected chi connectivity index (χ3v) is 4.39. The molecule has 1 aliphatic heterocycles. The van der Waals surface area contributed by atoms with Crippen molar-refractivity contribution in [1.29, 1.82) is 0 Å². The van der Waals surface area contributed by atoms with Gasteiger partial charge in [0.2, 0.25) is 0 Å². The zero-order valence-corrected chi connectivity index (χ0v) is 14.8. The van der Waals surface area contributed by atoms with Gasteiger partial charge in [-0.1, -0.05) is 0 Å². The first kappa shape index (κ1) is 17.4. The van der Waals surface area contributed by atoms with E-state index in [4.69, 9.17) is 4.74 Å². The summed E-state index contributed by atoms with van der Waals surface area (Å²) >= 11 is 3.37. The minimum atomic E-state index is -0.103. The summed E-state index contributed by atoms with van der Waals surface area (Å²) in [5.74, 6) is -0.103. The van der Waals surface area contributed by atoms with Crippen LogP contribution in [0.5, 0.6) is 0 Å². The number of amides is 1. The summed E-state index contributed by atoms with van der Waals surface area (Å²) in [7, 11) is 0. The highest BCUT2D eigenvalue weighted by Crippen LogP contribution is 2.15. The van der Waals surface area contributed by atoms with Gasteiger partial charge in [0.25, 0.3) is 5.91 Å². The molecule has 1 amide bonds. The molecule has 6 heteroatoms. The zero-order chi connectivity index (χ0) is 15.9. The number of hydrogen-bond acceptors (Lipinski definition) is 4. The van der Waals surface area contributed by atoms with Crippen molar-refractivity contribution in [3.05, 3.63) is 28.5 Å². The summed E-state index contributed by atoms with van der Waals surface area (Å²) in [4.78, 5) is 18.7. The summed E-state index contributed by atoms with van der Waals surface area (Å²) in [5, 5.41) is 3.08. The summed E-state index contributed by atoms with van der Waals surface area (Å²) in [6.07, 6.45) is 3.86. The Bertz CT molecular complexity index is 488. The smallest absolute Gasteiger partial charge is 0.271 e. The van der Waals surface area contributed by atoms with Crippen LogP contribution in [0.2, 0.25) is 0 Å². The second kappa shape index (κ2) is 8.60. The van der Waals surface area contributed by atoms with Crippen molar-refractivity contribution < 1.29 is 9.53 Å². The summed E-state index contributed by atoms with van der Waals surface area (Å²) in [5.41, 5.74) is 0.454. The molecule has 2 heterocycles. The number of nitrogens with one attached hydrogen (secondary N) is 1. The zero-order valence-electron chi connectivity index (χ0n) is 13.2. The van der Waals surface area contributed by atoms with Crippen molar-refractivity contribution in [2.24, 2.45) is 0 Å². The molecule has 1 aliphatic rings. The summed E-state index contributed by atoms with van der Waals surface area (Å²) in [6.45, 7) is 7.83. The number of pyridine rings is 1. The van der Waals surface area contributed by atoms with Crippen molar-refractivity contribution in [2.75, 3.05) is 26.2 Å². The van der Waals surface area contributed by atoms with Gasteiger partial charge in [-0.05, 0) is 54.8 Å². The molecule has 2 rings (SSSR count). The van der Waals surface area contributed by atoms with Crippen LogP contribution in [0, 0.1) is 0 Å². The number of carbonyl (C=O) groups excluding carboxylic acids is 1. The van der Waals surface area contributed by atoms with Crippen LogP contribution in [0.4, 0.5) is 0 Å². The number of halogens is 1. The minimum absolute atomic E-state index is 0.103. The molecule has 0 radical (unpaired) electrons. The highest BCUT2D eigenvalue weighted by atomic mass is 79.9. The van der Waals surface area contributed by atoms with Gasteiger partial charge >= 0.3 is 0 Å². The first-order valence-electron chi connectivity index (χ1n) is 7.81. The molecule has 0 aromatic carbocycles. The molecule has 22 heavy (non-hydrogen) atoms. The molecule has 5 nitrogen and oxygen atoms in total. The average molecular weight is 370 g/mol. The number of aromatic nitrogens is 1. The van der Waals surface area contributed by atoms with E-state index in [0.29, 0.717) is 5.69 Å². The van der Waals surface area contributed by atoms with Gasteiger partial charge in [-0.2, -0.15) is 0 Å². The van der Waals surface area contributed by atoms with Gasteiger partial charge in [0.1, 0.15) is 5.69 Å². The second-order valence-electron chi connectivity index (χ2n) is 5.84. The van der Waals surface area contributed by atoms with Crippen molar-refractivity contribution in [3.8, 4) is 0 Å². The predicted octanol–water partition coefficient (Wildman–Crippen LogP) is 2.46. The number of rotatable bonds is 6. The maximum Gasteiger partial charge on any atom is 0.271 e. The lowest BCUT2D eigenvalue weighted by atomic mass is 10.0.